The molecule has 0 spiro atoms. The van der Waals surface area contributed by atoms with Gasteiger partial charge in [-0.25, -0.2) is 15.9 Å². The number of aryl methyl sites for hydroxylation is 2. The molecule has 20 heteroatoms. The molecular formula is C65H103N9O10S. The van der Waals surface area contributed by atoms with Gasteiger partial charge in [0, 0.05) is 32.8 Å². The summed E-state index contributed by atoms with van der Waals surface area (Å²) in [6.07, 6.45) is 2.53. The highest BCUT2D eigenvalue weighted by molar-refractivity contribution is 8.09. The molecular weight excluding hydrogens is 1100 g/mol. The summed E-state index contributed by atoms with van der Waals surface area (Å²) in [7, 11) is -0.523. The van der Waals surface area contributed by atoms with Gasteiger partial charge < -0.3 is 34.6 Å². The number of ketones is 1. The minimum absolute atomic E-state index is 0.00694. The summed E-state index contributed by atoms with van der Waals surface area (Å²) in [6, 6.07) is 8.74. The number of benzene rings is 1. The van der Waals surface area contributed by atoms with Gasteiger partial charge in [0.15, 0.2) is 29.3 Å². The third-order valence-corrected chi connectivity index (χ3v) is 12.7. The molecule has 5 aliphatic rings. The van der Waals surface area contributed by atoms with Gasteiger partial charge in [-0.1, -0.05) is 209 Å². The zero-order valence-electron chi connectivity index (χ0n) is 56.0. The Hall–Kier alpha value is -7.19. The Morgan fingerprint density at radius 2 is 1.12 bits per heavy atom. The molecule has 2 amide bonds. The highest BCUT2D eigenvalue weighted by atomic mass is 32.2. The van der Waals surface area contributed by atoms with Crippen molar-refractivity contribution in [2.75, 3.05) is 0 Å². The van der Waals surface area contributed by atoms with Crippen LogP contribution in [0.4, 0.5) is 0 Å². The van der Waals surface area contributed by atoms with Crippen LogP contribution in [0.2, 0.25) is 0 Å². The second-order valence-electron chi connectivity index (χ2n) is 29.0. The normalized spacial score (nSPS) is 17.7. The standard InChI is InChI=1S/C11H16.C9H13NO2.C9H12O2.C8H13NO2.C8H12O2.C7H13N3.C7H12N2O.C6H12N2OS/c1-9-5-7-10(8-6-9)11(2,3)4;1-5-7(11)6(8(12)10-5)9(2,3)4;1-5-7(10)6(8(5)11)9(2,3)4;1-5-9-7(10)6(11-5)8(2,3)4;1-8(2,3)6-4-10-5-7(6)9;1-5-8-6(10-9-5)7(2,3)4;1-5-8-6(9-10-5)7(2,3)4;1-6(2,3)5-7-9-10(4)8-5/h5-8H,1-4H3;11H,1H2,2-4H3,(H,10,12);10H,1H2,2-4H3;6H,1H2,2-4H3,(H,9,10);4-5,9H,1-3H3;1-4H3,(H,8,9,10);1H2,2-4H3,(H,8,9);4H2,1-3H3,(H,7,8). The van der Waals surface area contributed by atoms with E-state index in [1.54, 1.807) is 6.26 Å². The van der Waals surface area contributed by atoms with E-state index in [2.05, 4.69) is 193 Å². The average molecular weight is 1200 g/mol. The summed E-state index contributed by atoms with van der Waals surface area (Å²) < 4.78 is 19.1. The van der Waals surface area contributed by atoms with Crippen LogP contribution in [0.25, 0.3) is 0 Å². The molecule has 2 unspecified atom stereocenters. The fourth-order valence-electron chi connectivity index (χ4n) is 7.06. The first-order chi connectivity index (χ1) is 38.1. The minimum Gasteiger partial charge on any atom is -0.507 e. The molecule has 0 bridgehead atoms. The molecule has 1 aliphatic carbocycles. The number of aromatic hydroxyl groups is 1. The van der Waals surface area contributed by atoms with Gasteiger partial charge in [-0.15, -0.1) is 0 Å². The molecule has 1 fully saturated rings. The zero-order valence-corrected chi connectivity index (χ0v) is 56.8. The average Bonchev–Trinajstić information content (AvgIpc) is 4.07. The Kier molecular flexibility index (Phi) is 26.1. The Morgan fingerprint density at radius 3 is 1.33 bits per heavy atom. The maximum Gasteiger partial charge on any atom is 0.268 e. The zero-order chi connectivity index (χ0) is 66.6. The van der Waals surface area contributed by atoms with Crippen LogP contribution in [-0.4, -0.2) is 71.7 Å². The van der Waals surface area contributed by atoms with Crippen LogP contribution in [-0.2, 0) is 44.5 Å². The fraction of sp³-hybridized carbons (Fsp3) is 0.538. The van der Waals surface area contributed by atoms with Gasteiger partial charge in [0.2, 0.25) is 5.88 Å². The first kappa shape index (κ1) is 75.8. The van der Waals surface area contributed by atoms with Crippen LogP contribution in [0.15, 0.2) is 123 Å². The lowest BCUT2D eigenvalue weighted by molar-refractivity contribution is -0.127. The first-order valence-corrected chi connectivity index (χ1v) is 29.2. The molecule has 474 valence electrons. The number of ether oxygens (including phenoxy) is 1. The quantitative estimate of drug-likeness (QED) is 0.0769. The van der Waals surface area contributed by atoms with Crippen LogP contribution in [0.3, 0.4) is 0 Å². The van der Waals surface area contributed by atoms with E-state index in [1.165, 1.54) is 17.4 Å². The number of hydrogen-bond acceptors (Lipinski definition) is 16. The molecule has 19 nitrogen and oxygen atoms in total. The molecule has 8 rings (SSSR count). The molecule has 0 radical (unpaired) electrons. The van der Waals surface area contributed by atoms with Gasteiger partial charge in [-0.3, -0.25) is 24.8 Å². The summed E-state index contributed by atoms with van der Waals surface area (Å²) in [5, 5.41) is 39.7. The molecule has 3 aromatic rings. The number of amidine groups is 2. The van der Waals surface area contributed by atoms with Gasteiger partial charge in [-0.05, 0) is 60.1 Å². The summed E-state index contributed by atoms with van der Waals surface area (Å²) in [4.78, 5) is 46.6. The van der Waals surface area contributed by atoms with Gasteiger partial charge in [0.1, 0.15) is 35.3 Å². The van der Waals surface area contributed by atoms with E-state index in [0.29, 0.717) is 28.6 Å². The monoisotopic (exact) mass is 1200 g/mol. The number of aliphatic imine (C=N–C) groups is 1. The number of aromatic nitrogens is 3. The fourth-order valence-corrected chi connectivity index (χ4v) is 7.79. The van der Waals surface area contributed by atoms with Crippen LogP contribution >= 0.6 is 11.0 Å². The molecule has 8 N–H and O–H groups in total. The van der Waals surface area contributed by atoms with Gasteiger partial charge in [0.25, 0.3) is 11.8 Å². The topological polar surface area (TPSA) is 267 Å². The van der Waals surface area contributed by atoms with Crippen molar-refractivity contribution in [3.05, 3.63) is 137 Å². The van der Waals surface area contributed by atoms with E-state index in [9.17, 15) is 29.7 Å². The Morgan fingerprint density at radius 1 is 0.600 bits per heavy atom. The number of allylic oxidation sites excluding steroid dienone is 2. The third-order valence-electron chi connectivity index (χ3n) is 12.1. The number of nitrogens with one attached hydrogen (secondary N) is 5. The van der Waals surface area contributed by atoms with Crippen LogP contribution < -0.4 is 21.6 Å². The number of hydroxylamine groups is 2. The second-order valence-corrected chi connectivity index (χ2v) is 30.0. The number of aliphatic hydroxyl groups excluding tert-OH is 2. The summed E-state index contributed by atoms with van der Waals surface area (Å²) in [6.45, 7) is 66.6. The van der Waals surface area contributed by atoms with E-state index >= 15 is 0 Å². The van der Waals surface area contributed by atoms with E-state index in [0.717, 1.165) is 28.9 Å². The lowest BCUT2D eigenvalue weighted by atomic mass is 9.73. The Balaban J connectivity index is 0.000000486. The summed E-state index contributed by atoms with van der Waals surface area (Å²) >= 11 is 0. The molecule has 2 aromatic heterocycles. The predicted molar refractivity (Wildman–Crippen MR) is 346 cm³/mol. The maximum atomic E-state index is 11.3. The molecule has 2 atom stereocenters. The maximum absolute atomic E-state index is 11.3. The Labute approximate surface area is 510 Å². The highest BCUT2D eigenvalue weighted by Gasteiger charge is 2.40. The number of carbonyl (C=O) groups is 3. The minimum atomic E-state index is -0.523. The van der Waals surface area contributed by atoms with Crippen molar-refractivity contribution >= 4 is 46.1 Å². The number of furan rings is 1. The smallest absolute Gasteiger partial charge is 0.268 e. The number of H-pyrrole nitrogens is 1. The second kappa shape index (κ2) is 29.3. The highest BCUT2D eigenvalue weighted by Crippen LogP contribution is 2.39. The molecule has 0 saturated carbocycles. The van der Waals surface area contributed by atoms with Crippen molar-refractivity contribution in [1.82, 2.24) is 36.8 Å². The third kappa shape index (κ3) is 24.7. The van der Waals surface area contributed by atoms with Crippen molar-refractivity contribution in [3.63, 3.8) is 0 Å². The van der Waals surface area contributed by atoms with Crippen molar-refractivity contribution in [2.45, 2.75) is 202 Å². The van der Waals surface area contributed by atoms with E-state index < -0.39 is 17.1 Å². The largest absolute Gasteiger partial charge is 0.507 e. The number of hydrogen-bond donors (Lipinski definition) is 8. The van der Waals surface area contributed by atoms with Crippen molar-refractivity contribution < 1.29 is 48.0 Å². The van der Waals surface area contributed by atoms with E-state index in [1.807, 2.05) is 90.0 Å². The summed E-state index contributed by atoms with van der Waals surface area (Å²) in [5.74, 6) is 7.80. The number of carbonyl (C=O) groups excluding carboxylic acids is 3. The van der Waals surface area contributed by atoms with Crippen molar-refractivity contribution in [2.24, 2.45) is 36.5 Å². The van der Waals surface area contributed by atoms with Gasteiger partial charge in [0.05, 0.1) is 34.1 Å². The predicted octanol–water partition coefficient (Wildman–Crippen LogP) is 14.4. The Bertz CT molecular complexity index is 2980. The first-order valence-electron chi connectivity index (χ1n) is 27.9. The molecule has 1 saturated heterocycles. The lowest BCUT2D eigenvalue weighted by Crippen LogP contribution is -2.34. The SMILES string of the molecule is C=C1C(=O)C(C(C)(C)C)=C1O.C=C1N=C(C(C)(C)C)NO1.C=C1NC(=O)C(C(C)(C)C)=C1O.C=C1NC(=O)C(C(C)(C)C)O1.C=S1N=C(C(C)(C)C)NO1.CC(C)(C)c1cocc1O.Cc1ccc(C(C)(C)C)cc1.Cc1nc(C(C)(C)C)n[nH]1. The van der Waals surface area contributed by atoms with Crippen molar-refractivity contribution in [1.29, 1.82) is 0 Å². The van der Waals surface area contributed by atoms with Crippen molar-refractivity contribution in [3.8, 4) is 5.75 Å². The number of amides is 2. The number of aliphatic hydroxyl groups is 2. The van der Waals surface area contributed by atoms with Crippen LogP contribution in [0.1, 0.15) is 195 Å². The van der Waals surface area contributed by atoms with E-state index in [4.69, 9.17) is 18.3 Å². The molecule has 1 aromatic carbocycles. The molecule has 6 heterocycles. The number of aromatic amines is 1. The van der Waals surface area contributed by atoms with Crippen LogP contribution in [0, 0.1) is 40.9 Å². The number of Topliss-reactive ketones (excluding diaryl/α,β-unsaturated/α-hetero) is 1. The molecule has 4 aliphatic heterocycles. The number of rotatable bonds is 0. The number of nitrogens with zero attached hydrogens (tertiary/aromatic N) is 4. The summed E-state index contributed by atoms with van der Waals surface area (Å²) in [5.41, 5.74) is 10.1. The van der Waals surface area contributed by atoms with Gasteiger partial charge >= 0.3 is 0 Å². The van der Waals surface area contributed by atoms with Gasteiger partial charge in [-0.2, -0.15) is 18.8 Å². The molecule has 85 heavy (non-hydrogen) atoms. The lowest BCUT2D eigenvalue weighted by Gasteiger charge is -2.30. The van der Waals surface area contributed by atoms with Crippen LogP contribution in [0.5, 0.6) is 5.75 Å². The van der Waals surface area contributed by atoms with E-state index in [-0.39, 0.29) is 83.8 Å².